The van der Waals surface area contributed by atoms with Crippen molar-refractivity contribution in [3.63, 3.8) is 0 Å². The fourth-order valence-electron chi connectivity index (χ4n) is 4.33. The van der Waals surface area contributed by atoms with Gasteiger partial charge in [0.25, 0.3) is 0 Å². The molecule has 3 heterocycles. The van der Waals surface area contributed by atoms with Crippen LogP contribution in [0.25, 0.3) is 0 Å². The van der Waals surface area contributed by atoms with Gasteiger partial charge >= 0.3 is 12.2 Å². The summed E-state index contributed by atoms with van der Waals surface area (Å²) in [6.45, 7) is 11.3. The first-order valence-corrected chi connectivity index (χ1v) is 12.5. The molecular formula is C26H36N6O4. The zero-order valence-corrected chi connectivity index (χ0v) is 21.5. The van der Waals surface area contributed by atoms with Crippen molar-refractivity contribution in [1.82, 2.24) is 20.2 Å². The molecule has 194 valence electrons. The number of piperidine rings is 1. The Morgan fingerprint density at radius 2 is 1.89 bits per heavy atom. The summed E-state index contributed by atoms with van der Waals surface area (Å²) in [7, 11) is 0. The van der Waals surface area contributed by atoms with Crippen LogP contribution in [0.4, 0.5) is 21.4 Å². The third-order valence-electron chi connectivity index (χ3n) is 6.22. The number of anilines is 2. The van der Waals surface area contributed by atoms with Crippen molar-refractivity contribution in [2.24, 2.45) is 0 Å². The van der Waals surface area contributed by atoms with Crippen molar-refractivity contribution in [2.75, 3.05) is 36.5 Å². The highest BCUT2D eigenvalue weighted by Gasteiger charge is 2.25. The second-order valence-electron chi connectivity index (χ2n) is 10.3. The summed E-state index contributed by atoms with van der Waals surface area (Å²) in [6.07, 6.45) is 2.74. The predicted octanol–water partition coefficient (Wildman–Crippen LogP) is 4.10. The summed E-state index contributed by atoms with van der Waals surface area (Å²) < 4.78 is 10.4. The van der Waals surface area contributed by atoms with Crippen LogP contribution in [-0.2, 0) is 16.0 Å². The first-order valence-electron chi connectivity index (χ1n) is 12.5. The number of nitrogens with one attached hydrogen (secondary N) is 2. The number of hydrogen-bond acceptors (Lipinski definition) is 8. The van der Waals surface area contributed by atoms with Crippen molar-refractivity contribution in [3.05, 3.63) is 47.7 Å². The van der Waals surface area contributed by atoms with Gasteiger partial charge < -0.3 is 20.1 Å². The van der Waals surface area contributed by atoms with Gasteiger partial charge in [0.05, 0.1) is 12.6 Å². The van der Waals surface area contributed by atoms with Crippen LogP contribution in [-0.4, -0.2) is 64.9 Å². The summed E-state index contributed by atoms with van der Waals surface area (Å²) in [6, 6.07) is 10.4. The van der Waals surface area contributed by atoms with E-state index in [0.29, 0.717) is 24.9 Å². The summed E-state index contributed by atoms with van der Waals surface area (Å²) >= 11 is 0. The Hall–Kier alpha value is -3.40. The lowest BCUT2D eigenvalue weighted by Gasteiger charge is -2.32. The van der Waals surface area contributed by atoms with E-state index in [4.69, 9.17) is 9.47 Å². The molecule has 1 aromatic carbocycles. The second kappa shape index (κ2) is 11.1. The van der Waals surface area contributed by atoms with E-state index < -0.39 is 5.60 Å². The van der Waals surface area contributed by atoms with Crippen molar-refractivity contribution in [3.8, 4) is 0 Å². The lowest BCUT2D eigenvalue weighted by molar-refractivity contribution is 0.0477. The van der Waals surface area contributed by atoms with Gasteiger partial charge in [-0.1, -0.05) is 24.3 Å². The maximum absolute atomic E-state index is 12.0. The van der Waals surface area contributed by atoms with Gasteiger partial charge in [-0.25, -0.2) is 14.6 Å². The van der Waals surface area contributed by atoms with Gasteiger partial charge in [-0.2, -0.15) is 4.98 Å². The standard InChI is InChI=1S/C26H36N6O4/c1-18(28-23-27-12-9-22(30-23)32-15-16-35-25(32)34)20-7-5-19(6-8-20)17-31-13-10-21(11-14-31)29-24(33)36-26(2,3)4/h5-9,12,18,21H,10-11,13-17H2,1-4H3,(H,29,33)(H,27,28,30). The molecule has 36 heavy (non-hydrogen) atoms. The largest absolute Gasteiger partial charge is 0.447 e. The second-order valence-corrected chi connectivity index (χ2v) is 10.3. The smallest absolute Gasteiger partial charge is 0.415 e. The van der Waals surface area contributed by atoms with Crippen LogP contribution in [0.2, 0.25) is 0 Å². The number of cyclic esters (lactones) is 1. The zero-order valence-electron chi connectivity index (χ0n) is 21.5. The lowest BCUT2D eigenvalue weighted by Crippen LogP contribution is -2.45. The van der Waals surface area contributed by atoms with E-state index >= 15 is 0 Å². The molecule has 1 atom stereocenters. The van der Waals surface area contributed by atoms with Gasteiger partial charge in [0.1, 0.15) is 18.0 Å². The number of likely N-dealkylation sites (tertiary alicyclic amines) is 1. The van der Waals surface area contributed by atoms with Crippen molar-refractivity contribution < 1.29 is 19.1 Å². The molecule has 0 saturated carbocycles. The highest BCUT2D eigenvalue weighted by Crippen LogP contribution is 2.22. The van der Waals surface area contributed by atoms with Gasteiger partial charge in [0.15, 0.2) is 0 Å². The topological polar surface area (TPSA) is 109 Å². The van der Waals surface area contributed by atoms with Gasteiger partial charge in [-0.05, 0) is 57.7 Å². The number of aromatic nitrogens is 2. The molecule has 10 nitrogen and oxygen atoms in total. The Labute approximate surface area is 212 Å². The molecule has 1 unspecified atom stereocenters. The predicted molar refractivity (Wildman–Crippen MR) is 137 cm³/mol. The summed E-state index contributed by atoms with van der Waals surface area (Å²) in [5, 5.41) is 6.31. The molecule has 2 saturated heterocycles. The number of carbonyl (C=O) groups is 2. The third-order valence-corrected chi connectivity index (χ3v) is 6.22. The highest BCUT2D eigenvalue weighted by atomic mass is 16.6. The van der Waals surface area contributed by atoms with Crippen LogP contribution in [0.15, 0.2) is 36.5 Å². The van der Waals surface area contributed by atoms with Crippen LogP contribution >= 0.6 is 0 Å². The maximum atomic E-state index is 12.0. The van der Waals surface area contributed by atoms with E-state index in [1.165, 1.54) is 10.5 Å². The van der Waals surface area contributed by atoms with Gasteiger partial charge in [0, 0.05) is 31.9 Å². The van der Waals surface area contributed by atoms with E-state index in [-0.39, 0.29) is 24.3 Å². The molecule has 2 aliphatic heterocycles. The number of nitrogens with zero attached hydrogens (tertiary/aromatic N) is 4. The van der Waals surface area contributed by atoms with Crippen LogP contribution < -0.4 is 15.5 Å². The molecule has 2 fully saturated rings. The summed E-state index contributed by atoms with van der Waals surface area (Å²) in [4.78, 5) is 36.5. The molecular weight excluding hydrogens is 460 g/mol. The van der Waals surface area contributed by atoms with Crippen LogP contribution in [0.5, 0.6) is 0 Å². The Bertz CT molecular complexity index is 1050. The molecule has 2 aliphatic rings. The summed E-state index contributed by atoms with van der Waals surface area (Å²) in [5.74, 6) is 0.995. The lowest BCUT2D eigenvalue weighted by atomic mass is 10.0. The minimum atomic E-state index is -0.482. The summed E-state index contributed by atoms with van der Waals surface area (Å²) in [5.41, 5.74) is 1.88. The first kappa shape index (κ1) is 25.7. The van der Waals surface area contributed by atoms with E-state index in [1.54, 1.807) is 12.3 Å². The quantitative estimate of drug-likeness (QED) is 0.590. The van der Waals surface area contributed by atoms with Crippen molar-refractivity contribution in [1.29, 1.82) is 0 Å². The third kappa shape index (κ3) is 7.07. The number of benzene rings is 1. The number of carbonyl (C=O) groups excluding carboxylic acids is 2. The van der Waals surface area contributed by atoms with Crippen molar-refractivity contribution in [2.45, 2.75) is 64.8 Å². The van der Waals surface area contributed by atoms with E-state index in [2.05, 4.69) is 56.7 Å². The fraction of sp³-hybridized carbons (Fsp3) is 0.538. The number of amides is 2. The number of ether oxygens (including phenoxy) is 2. The first-order chi connectivity index (χ1) is 17.2. The average Bonchev–Trinajstić information content (AvgIpc) is 3.25. The van der Waals surface area contributed by atoms with E-state index in [1.807, 2.05) is 20.8 Å². The number of hydrogen-bond donors (Lipinski definition) is 2. The van der Waals surface area contributed by atoms with Gasteiger partial charge in [-0.3, -0.25) is 9.80 Å². The van der Waals surface area contributed by atoms with Crippen LogP contribution in [0.3, 0.4) is 0 Å². The Morgan fingerprint density at radius 1 is 1.17 bits per heavy atom. The minimum Gasteiger partial charge on any atom is -0.447 e. The highest BCUT2D eigenvalue weighted by molar-refractivity contribution is 5.88. The van der Waals surface area contributed by atoms with Crippen molar-refractivity contribution >= 4 is 24.0 Å². The monoisotopic (exact) mass is 496 g/mol. The Morgan fingerprint density at radius 3 is 2.53 bits per heavy atom. The molecule has 10 heteroatoms. The van der Waals surface area contributed by atoms with E-state index in [0.717, 1.165) is 38.0 Å². The number of alkyl carbamates (subject to hydrolysis) is 1. The average molecular weight is 497 g/mol. The minimum absolute atomic E-state index is 0.00509. The SMILES string of the molecule is CC(Nc1nccc(N2CCOC2=O)n1)c1ccc(CN2CCC(NC(=O)OC(C)(C)C)CC2)cc1. The normalized spacial score (nSPS) is 18.0. The van der Waals surface area contributed by atoms with Gasteiger partial charge in [0.2, 0.25) is 5.95 Å². The molecule has 0 aliphatic carbocycles. The van der Waals surface area contributed by atoms with Gasteiger partial charge in [-0.15, -0.1) is 0 Å². The number of rotatable bonds is 7. The molecule has 0 spiro atoms. The van der Waals surface area contributed by atoms with Crippen LogP contribution in [0, 0.1) is 0 Å². The Kier molecular flexibility index (Phi) is 7.93. The maximum Gasteiger partial charge on any atom is 0.415 e. The van der Waals surface area contributed by atoms with Crippen LogP contribution in [0.1, 0.15) is 57.7 Å². The zero-order chi connectivity index (χ0) is 25.7. The molecule has 2 N–H and O–H groups in total. The molecule has 2 aromatic rings. The molecule has 0 radical (unpaired) electrons. The molecule has 0 bridgehead atoms. The van der Waals surface area contributed by atoms with E-state index in [9.17, 15) is 9.59 Å². The molecule has 4 rings (SSSR count). The Balaban J connectivity index is 1.25. The molecule has 2 amide bonds. The molecule has 1 aromatic heterocycles. The fourth-order valence-corrected chi connectivity index (χ4v) is 4.33.